The molecule has 1 N–H and O–H groups in total. The van der Waals surface area contributed by atoms with Gasteiger partial charge in [-0.1, -0.05) is 6.92 Å². The largest absolute Gasteiger partial charge is 0.321 e. The van der Waals surface area contributed by atoms with Crippen molar-refractivity contribution in [2.45, 2.75) is 33.2 Å². The van der Waals surface area contributed by atoms with E-state index in [0.29, 0.717) is 17.8 Å². The molecule has 0 saturated heterocycles. The van der Waals surface area contributed by atoms with Gasteiger partial charge in [0.2, 0.25) is 0 Å². The molecule has 2 aromatic rings. The second-order valence-electron chi connectivity index (χ2n) is 6.16. The Morgan fingerprint density at radius 1 is 1.20 bits per heavy atom. The highest BCUT2D eigenvalue weighted by Crippen LogP contribution is 2.20. The van der Waals surface area contributed by atoms with Crippen LogP contribution < -0.4 is 15.9 Å². The summed E-state index contributed by atoms with van der Waals surface area (Å²) in [7, 11) is 0. The fourth-order valence-corrected chi connectivity index (χ4v) is 2.77. The average molecular weight is 338 g/mol. The first-order valence-corrected chi connectivity index (χ1v) is 8.50. The minimum atomic E-state index is -0.200. The van der Waals surface area contributed by atoms with Gasteiger partial charge >= 0.3 is 0 Å². The van der Waals surface area contributed by atoms with Crippen LogP contribution in [0, 0.1) is 0 Å². The molecule has 0 aliphatic carbocycles. The number of hydrogen-bond acceptors (Lipinski definition) is 4. The Labute approximate surface area is 146 Å². The maximum atomic E-state index is 12.4. The number of rotatable bonds is 5. The van der Waals surface area contributed by atoms with E-state index < -0.39 is 0 Å². The number of amides is 1. The predicted molar refractivity (Wildman–Crippen MR) is 100 cm³/mol. The molecule has 6 heteroatoms. The van der Waals surface area contributed by atoms with Crippen LogP contribution in [0.25, 0.3) is 0 Å². The molecule has 2 heterocycles. The quantitative estimate of drug-likeness (QED) is 0.911. The number of anilines is 2. The number of carbonyl (C=O) groups excluding carboxylic acids is 1. The normalized spacial score (nSPS) is 13.7. The molecule has 0 saturated carbocycles. The standard InChI is InChI=1S/C19H22N4O2/c1-3-11-22-13-16(6-9-18(22)24)20-19(25)15-4-7-17(8-5-15)23-12-10-14(2)21-23/h4-9,13H,3,10-12H2,1-2H3,(H,20,25). The van der Waals surface area contributed by atoms with Crippen LogP contribution in [0.15, 0.2) is 52.5 Å². The molecular weight excluding hydrogens is 316 g/mol. The number of benzene rings is 1. The van der Waals surface area contributed by atoms with Gasteiger partial charge in [0.05, 0.1) is 11.4 Å². The number of nitrogens with one attached hydrogen (secondary N) is 1. The third kappa shape index (κ3) is 3.96. The number of aryl methyl sites for hydroxylation is 1. The highest BCUT2D eigenvalue weighted by atomic mass is 16.1. The molecule has 130 valence electrons. The zero-order chi connectivity index (χ0) is 17.8. The summed E-state index contributed by atoms with van der Waals surface area (Å²) in [6.07, 6.45) is 3.51. The van der Waals surface area contributed by atoms with E-state index in [-0.39, 0.29) is 11.5 Å². The summed E-state index contributed by atoms with van der Waals surface area (Å²) in [5.74, 6) is -0.200. The lowest BCUT2D eigenvalue weighted by molar-refractivity contribution is 0.102. The van der Waals surface area contributed by atoms with E-state index in [9.17, 15) is 9.59 Å². The molecule has 1 aromatic heterocycles. The van der Waals surface area contributed by atoms with Crippen molar-refractivity contribution in [2.75, 3.05) is 16.9 Å². The SMILES string of the molecule is CCCn1cc(NC(=O)c2ccc(N3CCC(C)=N3)cc2)ccc1=O. The molecule has 3 rings (SSSR count). The van der Waals surface area contributed by atoms with Crippen molar-refractivity contribution in [3.63, 3.8) is 0 Å². The Balaban J connectivity index is 1.71. The zero-order valence-electron chi connectivity index (χ0n) is 14.5. The van der Waals surface area contributed by atoms with Crippen LogP contribution in [-0.4, -0.2) is 22.7 Å². The fourth-order valence-electron chi connectivity index (χ4n) is 2.77. The topological polar surface area (TPSA) is 66.7 Å². The van der Waals surface area contributed by atoms with Crippen LogP contribution in [0.4, 0.5) is 11.4 Å². The van der Waals surface area contributed by atoms with Gasteiger partial charge in [0.15, 0.2) is 0 Å². The van der Waals surface area contributed by atoms with Crippen molar-refractivity contribution in [3.8, 4) is 0 Å². The minimum absolute atomic E-state index is 0.0642. The van der Waals surface area contributed by atoms with Crippen molar-refractivity contribution in [1.82, 2.24) is 4.57 Å². The lowest BCUT2D eigenvalue weighted by Crippen LogP contribution is -2.20. The maximum Gasteiger partial charge on any atom is 0.255 e. The second kappa shape index (κ2) is 7.34. The van der Waals surface area contributed by atoms with Crippen LogP contribution in [-0.2, 0) is 6.54 Å². The smallest absolute Gasteiger partial charge is 0.255 e. The van der Waals surface area contributed by atoms with E-state index in [1.54, 1.807) is 29.0 Å². The molecule has 6 nitrogen and oxygen atoms in total. The molecule has 0 bridgehead atoms. The highest BCUT2D eigenvalue weighted by molar-refractivity contribution is 6.04. The van der Waals surface area contributed by atoms with Crippen LogP contribution >= 0.6 is 0 Å². The van der Waals surface area contributed by atoms with Gasteiger partial charge in [-0.15, -0.1) is 0 Å². The van der Waals surface area contributed by atoms with Gasteiger partial charge in [-0.3, -0.25) is 14.6 Å². The number of nitrogens with zero attached hydrogens (tertiary/aromatic N) is 3. The van der Waals surface area contributed by atoms with E-state index in [1.807, 2.05) is 31.0 Å². The molecule has 1 amide bonds. The molecular formula is C19H22N4O2. The number of hydrazone groups is 1. The third-order valence-electron chi connectivity index (χ3n) is 4.11. The Morgan fingerprint density at radius 2 is 1.96 bits per heavy atom. The molecule has 0 spiro atoms. The predicted octanol–water partition coefficient (Wildman–Crippen LogP) is 3.10. The van der Waals surface area contributed by atoms with Crippen molar-refractivity contribution in [1.29, 1.82) is 0 Å². The molecule has 1 aliphatic rings. The summed E-state index contributed by atoms with van der Waals surface area (Å²) in [4.78, 5) is 24.2. The van der Waals surface area contributed by atoms with E-state index in [0.717, 1.165) is 30.8 Å². The molecule has 25 heavy (non-hydrogen) atoms. The fraction of sp³-hybridized carbons (Fsp3) is 0.316. The number of aromatic nitrogens is 1. The molecule has 1 aliphatic heterocycles. The Kier molecular flexibility index (Phi) is 4.97. The number of carbonyl (C=O) groups is 1. The van der Waals surface area contributed by atoms with Gasteiger partial charge in [0.1, 0.15) is 0 Å². The lowest BCUT2D eigenvalue weighted by Gasteiger charge is -2.14. The highest BCUT2D eigenvalue weighted by Gasteiger charge is 2.13. The van der Waals surface area contributed by atoms with Gasteiger partial charge in [-0.2, -0.15) is 5.10 Å². The van der Waals surface area contributed by atoms with Gasteiger partial charge in [0, 0.05) is 43.0 Å². The van der Waals surface area contributed by atoms with Gasteiger partial charge in [-0.05, 0) is 43.7 Å². The molecule has 0 atom stereocenters. The molecule has 0 fully saturated rings. The first-order chi connectivity index (χ1) is 12.1. The van der Waals surface area contributed by atoms with Crippen LogP contribution in [0.5, 0.6) is 0 Å². The Hall–Kier alpha value is -2.89. The van der Waals surface area contributed by atoms with Crippen LogP contribution in [0.1, 0.15) is 37.0 Å². The number of hydrogen-bond donors (Lipinski definition) is 1. The Morgan fingerprint density at radius 3 is 2.60 bits per heavy atom. The molecule has 0 unspecified atom stereocenters. The monoisotopic (exact) mass is 338 g/mol. The van der Waals surface area contributed by atoms with E-state index >= 15 is 0 Å². The summed E-state index contributed by atoms with van der Waals surface area (Å²) in [5, 5.41) is 9.24. The van der Waals surface area contributed by atoms with Crippen LogP contribution in [0.3, 0.4) is 0 Å². The zero-order valence-corrected chi connectivity index (χ0v) is 14.5. The van der Waals surface area contributed by atoms with Gasteiger partial charge in [0.25, 0.3) is 11.5 Å². The molecule has 0 radical (unpaired) electrons. The van der Waals surface area contributed by atoms with Gasteiger partial charge < -0.3 is 9.88 Å². The minimum Gasteiger partial charge on any atom is -0.321 e. The van der Waals surface area contributed by atoms with Crippen molar-refractivity contribution >= 4 is 23.0 Å². The molecule has 1 aromatic carbocycles. The van der Waals surface area contributed by atoms with Crippen molar-refractivity contribution in [2.24, 2.45) is 5.10 Å². The van der Waals surface area contributed by atoms with E-state index in [2.05, 4.69) is 10.4 Å². The summed E-state index contributed by atoms with van der Waals surface area (Å²) in [6.45, 7) is 5.52. The van der Waals surface area contributed by atoms with Gasteiger partial charge in [-0.25, -0.2) is 0 Å². The average Bonchev–Trinajstić information content (AvgIpc) is 3.05. The summed E-state index contributed by atoms with van der Waals surface area (Å²) < 4.78 is 1.60. The summed E-state index contributed by atoms with van der Waals surface area (Å²) in [5.41, 5.74) is 3.21. The Bertz CT molecular complexity index is 852. The van der Waals surface area contributed by atoms with E-state index in [1.165, 1.54) is 6.07 Å². The van der Waals surface area contributed by atoms with E-state index in [4.69, 9.17) is 0 Å². The first kappa shape index (κ1) is 17.0. The number of pyridine rings is 1. The van der Waals surface area contributed by atoms with Crippen molar-refractivity contribution < 1.29 is 4.79 Å². The third-order valence-corrected chi connectivity index (χ3v) is 4.11. The maximum absolute atomic E-state index is 12.4. The second-order valence-corrected chi connectivity index (χ2v) is 6.16. The summed E-state index contributed by atoms with van der Waals surface area (Å²) >= 11 is 0. The summed E-state index contributed by atoms with van der Waals surface area (Å²) in [6, 6.07) is 10.5. The van der Waals surface area contributed by atoms with Crippen molar-refractivity contribution in [3.05, 3.63) is 58.5 Å². The lowest BCUT2D eigenvalue weighted by atomic mass is 10.2. The van der Waals surface area contributed by atoms with Crippen LogP contribution in [0.2, 0.25) is 0 Å². The first-order valence-electron chi connectivity index (χ1n) is 8.50.